The summed E-state index contributed by atoms with van der Waals surface area (Å²) >= 11 is 0. The lowest BCUT2D eigenvalue weighted by Crippen LogP contribution is -2.47. The normalized spacial score (nSPS) is 14.2. The van der Waals surface area contributed by atoms with E-state index >= 15 is 0 Å². The molecule has 0 aliphatic carbocycles. The number of ether oxygens (including phenoxy) is 2. The van der Waals surface area contributed by atoms with Crippen LogP contribution in [0.5, 0.6) is 11.5 Å². The number of likely N-dealkylation sites (tertiary alicyclic amines) is 1. The molecule has 3 rings (SSSR count). The van der Waals surface area contributed by atoms with Crippen molar-refractivity contribution in [3.05, 3.63) is 59.7 Å². The first-order valence-corrected chi connectivity index (χ1v) is 10.9. The fourth-order valence-corrected chi connectivity index (χ4v) is 3.66. The van der Waals surface area contributed by atoms with Gasteiger partial charge in [-0.15, -0.1) is 0 Å². The third kappa shape index (κ3) is 7.31. The van der Waals surface area contributed by atoms with Crippen LogP contribution in [0, 0.1) is 6.92 Å². The van der Waals surface area contributed by atoms with Crippen LogP contribution < -0.4 is 14.8 Å². The molecule has 0 spiro atoms. The lowest BCUT2D eigenvalue weighted by Gasteiger charge is -2.32. The molecule has 1 saturated heterocycles. The van der Waals surface area contributed by atoms with Crippen molar-refractivity contribution in [2.75, 3.05) is 26.8 Å². The van der Waals surface area contributed by atoms with Crippen LogP contribution in [0.3, 0.4) is 0 Å². The van der Waals surface area contributed by atoms with Crippen molar-refractivity contribution >= 4 is 11.8 Å². The summed E-state index contributed by atoms with van der Waals surface area (Å²) in [4.78, 5) is 26.7. The summed E-state index contributed by atoms with van der Waals surface area (Å²) in [5, 5.41) is 3.10. The Bertz CT molecular complexity index is 841. The van der Waals surface area contributed by atoms with Gasteiger partial charge in [-0.3, -0.25) is 9.59 Å². The van der Waals surface area contributed by atoms with Crippen LogP contribution in [0.15, 0.2) is 48.5 Å². The van der Waals surface area contributed by atoms with Crippen LogP contribution in [-0.4, -0.2) is 49.6 Å². The van der Waals surface area contributed by atoms with Crippen LogP contribution in [0.4, 0.5) is 0 Å². The van der Waals surface area contributed by atoms with Gasteiger partial charge in [-0.1, -0.05) is 29.8 Å². The van der Waals surface area contributed by atoms with Gasteiger partial charge in [0.1, 0.15) is 11.5 Å². The van der Waals surface area contributed by atoms with E-state index in [1.807, 2.05) is 60.4 Å². The third-order valence-electron chi connectivity index (χ3n) is 5.57. The number of nitrogens with one attached hydrogen (secondary N) is 1. The Morgan fingerprint density at radius 1 is 1.00 bits per heavy atom. The first-order valence-electron chi connectivity index (χ1n) is 10.9. The van der Waals surface area contributed by atoms with E-state index in [-0.39, 0.29) is 17.9 Å². The molecule has 2 aromatic carbocycles. The molecule has 2 aromatic rings. The van der Waals surface area contributed by atoms with E-state index in [0.29, 0.717) is 39.0 Å². The van der Waals surface area contributed by atoms with Gasteiger partial charge in [0.05, 0.1) is 20.1 Å². The topological polar surface area (TPSA) is 67.9 Å². The van der Waals surface area contributed by atoms with Crippen molar-refractivity contribution in [3.8, 4) is 11.5 Å². The van der Waals surface area contributed by atoms with Crippen molar-refractivity contribution in [2.45, 2.75) is 45.1 Å². The molecule has 2 amide bonds. The average Bonchev–Trinajstić information content (AvgIpc) is 2.79. The number of carbonyl (C=O) groups is 2. The molecule has 1 fully saturated rings. The maximum atomic E-state index is 12.6. The maximum absolute atomic E-state index is 12.6. The van der Waals surface area contributed by atoms with E-state index in [1.54, 1.807) is 7.11 Å². The summed E-state index contributed by atoms with van der Waals surface area (Å²) < 4.78 is 10.8. The van der Waals surface area contributed by atoms with Crippen molar-refractivity contribution in [3.63, 3.8) is 0 Å². The number of nitrogens with zero attached hydrogens (tertiary/aromatic N) is 1. The van der Waals surface area contributed by atoms with Crippen molar-refractivity contribution < 1.29 is 19.1 Å². The van der Waals surface area contributed by atoms with Crippen molar-refractivity contribution in [2.24, 2.45) is 0 Å². The molecule has 0 aromatic heterocycles. The molecule has 31 heavy (non-hydrogen) atoms. The minimum Gasteiger partial charge on any atom is -0.497 e. The molecular formula is C25H32N2O4. The summed E-state index contributed by atoms with van der Waals surface area (Å²) in [5.74, 6) is 1.80. The highest BCUT2D eigenvalue weighted by molar-refractivity contribution is 5.79. The van der Waals surface area contributed by atoms with Gasteiger partial charge >= 0.3 is 0 Å². The van der Waals surface area contributed by atoms with Crippen molar-refractivity contribution in [1.82, 2.24) is 10.2 Å². The standard InChI is InChI=1S/C25H32N2O4/c1-19-5-9-23(10-6-19)31-17-3-4-24(28)26-21-13-15-27(16-14-21)25(29)18-20-7-11-22(30-2)12-8-20/h5-12,21H,3-4,13-18H2,1-2H3,(H,26,28). The second-order valence-electron chi connectivity index (χ2n) is 8.01. The van der Waals surface area contributed by atoms with Crippen LogP contribution in [0.1, 0.15) is 36.8 Å². The van der Waals surface area contributed by atoms with Crippen LogP contribution in [0.2, 0.25) is 0 Å². The monoisotopic (exact) mass is 424 g/mol. The third-order valence-corrected chi connectivity index (χ3v) is 5.57. The zero-order valence-corrected chi connectivity index (χ0v) is 18.4. The summed E-state index contributed by atoms with van der Waals surface area (Å²) in [7, 11) is 1.63. The number of methoxy groups -OCH3 is 1. The number of amides is 2. The fourth-order valence-electron chi connectivity index (χ4n) is 3.66. The van der Waals surface area contributed by atoms with Gasteiger partial charge in [-0.25, -0.2) is 0 Å². The second-order valence-corrected chi connectivity index (χ2v) is 8.01. The van der Waals surface area contributed by atoms with Gasteiger partial charge in [0.2, 0.25) is 11.8 Å². The molecule has 1 heterocycles. The van der Waals surface area contributed by atoms with Gasteiger partial charge < -0.3 is 19.7 Å². The van der Waals surface area contributed by atoms with E-state index in [9.17, 15) is 9.59 Å². The fraction of sp³-hybridized carbons (Fsp3) is 0.440. The van der Waals surface area contributed by atoms with E-state index < -0.39 is 0 Å². The minimum atomic E-state index is 0.0514. The number of piperidine rings is 1. The molecule has 0 radical (unpaired) electrons. The van der Waals surface area contributed by atoms with E-state index in [2.05, 4.69) is 5.32 Å². The maximum Gasteiger partial charge on any atom is 0.226 e. The molecule has 166 valence electrons. The SMILES string of the molecule is COc1ccc(CC(=O)N2CCC(NC(=O)CCCOc3ccc(C)cc3)CC2)cc1. The largest absolute Gasteiger partial charge is 0.497 e. The van der Waals surface area contributed by atoms with E-state index in [4.69, 9.17) is 9.47 Å². The second kappa shape index (κ2) is 11.4. The number of hydrogen-bond donors (Lipinski definition) is 1. The zero-order chi connectivity index (χ0) is 22.1. The van der Waals surface area contributed by atoms with Gasteiger partial charge in [-0.05, 0) is 56.0 Å². The highest BCUT2D eigenvalue weighted by Gasteiger charge is 2.23. The number of aryl methyl sites for hydroxylation is 1. The zero-order valence-electron chi connectivity index (χ0n) is 18.4. The molecule has 0 bridgehead atoms. The molecule has 1 aliphatic heterocycles. The Morgan fingerprint density at radius 2 is 1.65 bits per heavy atom. The average molecular weight is 425 g/mol. The van der Waals surface area contributed by atoms with Gasteiger partial charge in [0, 0.05) is 25.6 Å². The predicted octanol–water partition coefficient (Wildman–Crippen LogP) is 3.51. The Balaban J connectivity index is 1.31. The molecule has 1 aliphatic rings. The number of hydrogen-bond acceptors (Lipinski definition) is 4. The lowest BCUT2D eigenvalue weighted by molar-refractivity contribution is -0.131. The quantitative estimate of drug-likeness (QED) is 0.626. The first kappa shape index (κ1) is 22.7. The number of carbonyl (C=O) groups excluding carboxylic acids is 2. The summed E-state index contributed by atoms with van der Waals surface area (Å²) in [6.45, 7) is 3.91. The Labute approximate surface area is 184 Å². The van der Waals surface area contributed by atoms with Gasteiger partial charge in [-0.2, -0.15) is 0 Å². The number of benzene rings is 2. The predicted molar refractivity (Wildman–Crippen MR) is 120 cm³/mol. The first-order chi connectivity index (χ1) is 15.0. The van der Waals surface area contributed by atoms with Crippen LogP contribution in [0.25, 0.3) is 0 Å². The smallest absolute Gasteiger partial charge is 0.226 e. The van der Waals surface area contributed by atoms with Gasteiger partial charge in [0.25, 0.3) is 0 Å². The lowest BCUT2D eigenvalue weighted by atomic mass is 10.0. The summed E-state index contributed by atoms with van der Waals surface area (Å²) in [6.07, 6.45) is 3.10. The van der Waals surface area contributed by atoms with Crippen LogP contribution >= 0.6 is 0 Å². The highest BCUT2D eigenvalue weighted by atomic mass is 16.5. The Hall–Kier alpha value is -3.02. The molecule has 0 unspecified atom stereocenters. The molecular weight excluding hydrogens is 392 g/mol. The molecule has 6 heteroatoms. The summed E-state index contributed by atoms with van der Waals surface area (Å²) in [6, 6.07) is 15.6. The molecule has 0 atom stereocenters. The van der Waals surface area contributed by atoms with Gasteiger partial charge in [0.15, 0.2) is 0 Å². The van der Waals surface area contributed by atoms with E-state index in [1.165, 1.54) is 5.56 Å². The molecule has 1 N–H and O–H groups in total. The minimum absolute atomic E-state index is 0.0514. The van der Waals surface area contributed by atoms with Crippen molar-refractivity contribution in [1.29, 1.82) is 0 Å². The molecule has 6 nitrogen and oxygen atoms in total. The number of rotatable bonds is 9. The Morgan fingerprint density at radius 3 is 2.29 bits per heavy atom. The van der Waals surface area contributed by atoms with E-state index in [0.717, 1.165) is 29.9 Å². The Kier molecular flexibility index (Phi) is 8.33. The van der Waals surface area contributed by atoms with Crippen LogP contribution in [-0.2, 0) is 16.0 Å². The summed E-state index contributed by atoms with van der Waals surface area (Å²) in [5.41, 5.74) is 2.18. The molecule has 0 saturated carbocycles. The highest BCUT2D eigenvalue weighted by Crippen LogP contribution is 2.16.